The molecule has 1 amide bonds. The van der Waals surface area contributed by atoms with Crippen LogP contribution in [0.1, 0.15) is 20.0 Å². The average Bonchev–Trinajstić information content (AvgIpc) is 3.03. The van der Waals surface area contributed by atoms with E-state index in [9.17, 15) is 22.8 Å². The second-order valence-electron chi connectivity index (χ2n) is 5.76. The number of thiophene rings is 1. The molecule has 0 fully saturated rings. The van der Waals surface area contributed by atoms with Gasteiger partial charge in [0.15, 0.2) is 11.5 Å². The Labute approximate surface area is 177 Å². The summed E-state index contributed by atoms with van der Waals surface area (Å²) in [5.74, 6) is -2.65. The van der Waals surface area contributed by atoms with Crippen molar-refractivity contribution in [2.45, 2.75) is 6.61 Å². The summed E-state index contributed by atoms with van der Waals surface area (Å²) < 4.78 is 53.4. The molecule has 3 aromatic rings. The lowest BCUT2D eigenvalue weighted by molar-refractivity contribution is -0.0511. The van der Waals surface area contributed by atoms with Gasteiger partial charge in [-0.15, -0.1) is 11.3 Å². The second-order valence-corrected chi connectivity index (χ2v) is 7.19. The Morgan fingerprint density at radius 1 is 1.13 bits per heavy atom. The van der Waals surface area contributed by atoms with Gasteiger partial charge in [0.25, 0.3) is 5.91 Å². The number of ether oxygens (including phenoxy) is 3. The number of amides is 1. The third kappa shape index (κ3) is 4.29. The van der Waals surface area contributed by atoms with Crippen LogP contribution in [0.15, 0.2) is 30.3 Å². The van der Waals surface area contributed by atoms with E-state index < -0.39 is 30.1 Å². The van der Waals surface area contributed by atoms with E-state index in [4.69, 9.17) is 16.3 Å². The van der Waals surface area contributed by atoms with Gasteiger partial charge in [-0.05, 0) is 18.2 Å². The highest BCUT2D eigenvalue weighted by Gasteiger charge is 2.23. The van der Waals surface area contributed by atoms with Gasteiger partial charge in [-0.2, -0.15) is 8.78 Å². The molecule has 1 aromatic heterocycles. The van der Waals surface area contributed by atoms with E-state index in [0.717, 1.165) is 30.6 Å². The summed E-state index contributed by atoms with van der Waals surface area (Å²) in [6.45, 7) is -3.17. The summed E-state index contributed by atoms with van der Waals surface area (Å²) in [5.41, 5.74) is -0.324. The minimum atomic E-state index is -3.17. The highest BCUT2D eigenvalue weighted by molar-refractivity contribution is 7.21. The zero-order valence-electron chi connectivity index (χ0n) is 15.4. The molecule has 0 unspecified atom stereocenters. The first-order chi connectivity index (χ1) is 14.2. The number of rotatable bonds is 6. The van der Waals surface area contributed by atoms with Crippen LogP contribution in [0.3, 0.4) is 0 Å². The van der Waals surface area contributed by atoms with Crippen LogP contribution in [0, 0.1) is 5.82 Å². The fraction of sp³-hybridized carbons (Fsp3) is 0.158. The molecule has 3 rings (SSSR count). The molecule has 0 spiro atoms. The standard InChI is InChI=1S/C19H13ClF3NO5S/c1-27-12-6-10(18(26)28-2)11(7-13(12)29-19(22)23)24-17(25)16-15(20)9-4-3-8(21)5-14(9)30-16/h3-7,19H,1-2H3,(H,24,25). The molecule has 0 atom stereocenters. The van der Waals surface area contributed by atoms with Gasteiger partial charge in [-0.3, -0.25) is 4.79 Å². The molecule has 158 valence electrons. The van der Waals surface area contributed by atoms with E-state index in [0.29, 0.717) is 10.1 Å². The number of anilines is 1. The minimum absolute atomic E-state index is 0.0419. The van der Waals surface area contributed by atoms with Gasteiger partial charge in [0.05, 0.1) is 30.5 Å². The van der Waals surface area contributed by atoms with Crippen LogP contribution in [0.5, 0.6) is 11.5 Å². The third-order valence-electron chi connectivity index (χ3n) is 3.97. The first kappa shape index (κ1) is 21.7. The fourth-order valence-electron chi connectivity index (χ4n) is 2.65. The average molecular weight is 460 g/mol. The lowest BCUT2D eigenvalue weighted by atomic mass is 10.1. The lowest BCUT2D eigenvalue weighted by Gasteiger charge is -2.15. The number of halogens is 4. The van der Waals surface area contributed by atoms with Crippen molar-refractivity contribution in [3.63, 3.8) is 0 Å². The van der Waals surface area contributed by atoms with E-state index >= 15 is 0 Å². The van der Waals surface area contributed by atoms with Crippen molar-refractivity contribution in [3.05, 3.63) is 51.6 Å². The van der Waals surface area contributed by atoms with Crippen LogP contribution in [0.2, 0.25) is 5.02 Å². The van der Waals surface area contributed by atoms with Crippen molar-refractivity contribution >= 4 is 50.6 Å². The Kier molecular flexibility index (Phi) is 6.37. The first-order valence-electron chi connectivity index (χ1n) is 8.19. The third-order valence-corrected chi connectivity index (χ3v) is 5.63. The molecule has 0 bridgehead atoms. The van der Waals surface area contributed by atoms with Gasteiger partial charge in [0, 0.05) is 22.2 Å². The highest BCUT2D eigenvalue weighted by Crippen LogP contribution is 2.38. The number of nitrogens with one attached hydrogen (secondary N) is 1. The molecule has 30 heavy (non-hydrogen) atoms. The van der Waals surface area contributed by atoms with Crippen molar-refractivity contribution in [3.8, 4) is 11.5 Å². The Balaban J connectivity index is 2.04. The molecular formula is C19H13ClF3NO5S. The lowest BCUT2D eigenvalue weighted by Crippen LogP contribution is -2.16. The number of benzene rings is 2. The topological polar surface area (TPSA) is 73.9 Å². The summed E-state index contributed by atoms with van der Waals surface area (Å²) in [4.78, 5) is 24.9. The predicted octanol–water partition coefficient (Wildman–Crippen LogP) is 5.34. The van der Waals surface area contributed by atoms with Crippen molar-refractivity contribution in [1.29, 1.82) is 0 Å². The van der Waals surface area contributed by atoms with Gasteiger partial charge in [-0.25, -0.2) is 9.18 Å². The van der Waals surface area contributed by atoms with Crippen molar-refractivity contribution in [2.75, 3.05) is 19.5 Å². The molecule has 0 radical (unpaired) electrons. The Morgan fingerprint density at radius 3 is 2.50 bits per heavy atom. The Bertz CT molecular complexity index is 1140. The molecule has 6 nitrogen and oxygen atoms in total. The molecule has 0 saturated carbocycles. The molecule has 0 saturated heterocycles. The molecule has 11 heteroatoms. The minimum Gasteiger partial charge on any atom is -0.493 e. The zero-order valence-corrected chi connectivity index (χ0v) is 17.0. The predicted molar refractivity (Wildman–Crippen MR) is 106 cm³/mol. The van der Waals surface area contributed by atoms with E-state index in [1.54, 1.807) is 0 Å². The van der Waals surface area contributed by atoms with Crippen LogP contribution >= 0.6 is 22.9 Å². The monoisotopic (exact) mass is 459 g/mol. The van der Waals surface area contributed by atoms with Crippen LogP contribution in [0.25, 0.3) is 10.1 Å². The summed E-state index contributed by atoms with van der Waals surface area (Å²) in [7, 11) is 2.31. The first-order valence-corrected chi connectivity index (χ1v) is 9.38. The van der Waals surface area contributed by atoms with Crippen molar-refractivity contribution in [2.24, 2.45) is 0 Å². The maximum absolute atomic E-state index is 13.5. The van der Waals surface area contributed by atoms with E-state index in [2.05, 4.69) is 14.8 Å². The summed E-state index contributed by atoms with van der Waals surface area (Å²) in [6, 6.07) is 5.97. The van der Waals surface area contributed by atoms with Crippen LogP contribution < -0.4 is 14.8 Å². The number of hydrogen-bond acceptors (Lipinski definition) is 6. The van der Waals surface area contributed by atoms with Gasteiger partial charge in [0.1, 0.15) is 10.7 Å². The number of fused-ring (bicyclic) bond motifs is 1. The largest absolute Gasteiger partial charge is 0.493 e. The molecule has 0 aliphatic rings. The second kappa shape index (κ2) is 8.80. The Hall–Kier alpha value is -2.98. The smallest absolute Gasteiger partial charge is 0.387 e. The van der Waals surface area contributed by atoms with Gasteiger partial charge < -0.3 is 19.5 Å². The molecule has 1 N–H and O–H groups in total. The number of alkyl halides is 2. The maximum atomic E-state index is 13.5. The van der Waals surface area contributed by atoms with Crippen LogP contribution in [0.4, 0.5) is 18.9 Å². The van der Waals surface area contributed by atoms with Crippen LogP contribution in [-0.4, -0.2) is 32.7 Å². The quantitative estimate of drug-likeness (QED) is 0.503. The fourth-order valence-corrected chi connectivity index (χ4v) is 4.09. The maximum Gasteiger partial charge on any atom is 0.387 e. The normalized spacial score (nSPS) is 10.9. The molecule has 1 heterocycles. The SMILES string of the molecule is COC(=O)c1cc(OC)c(OC(F)F)cc1NC(=O)c1sc2cc(F)ccc2c1Cl. The molecular weight excluding hydrogens is 447 g/mol. The summed E-state index contributed by atoms with van der Waals surface area (Å²) >= 11 is 7.17. The van der Waals surface area contributed by atoms with E-state index in [1.165, 1.54) is 25.3 Å². The Morgan fingerprint density at radius 2 is 1.87 bits per heavy atom. The van der Waals surface area contributed by atoms with Crippen molar-refractivity contribution in [1.82, 2.24) is 0 Å². The number of carbonyl (C=O) groups is 2. The molecule has 0 aliphatic heterocycles. The zero-order chi connectivity index (χ0) is 22.0. The van der Waals surface area contributed by atoms with Gasteiger partial charge >= 0.3 is 12.6 Å². The number of carbonyl (C=O) groups excluding carboxylic acids is 2. The molecule has 0 aliphatic carbocycles. The number of esters is 1. The summed E-state index contributed by atoms with van der Waals surface area (Å²) in [6.07, 6.45) is 0. The summed E-state index contributed by atoms with van der Waals surface area (Å²) in [5, 5.41) is 2.99. The number of methoxy groups -OCH3 is 2. The van der Waals surface area contributed by atoms with E-state index in [1.807, 2.05) is 0 Å². The van der Waals surface area contributed by atoms with E-state index in [-0.39, 0.29) is 26.9 Å². The number of hydrogen-bond donors (Lipinski definition) is 1. The van der Waals surface area contributed by atoms with Gasteiger partial charge in [-0.1, -0.05) is 11.6 Å². The highest BCUT2D eigenvalue weighted by atomic mass is 35.5. The van der Waals surface area contributed by atoms with Gasteiger partial charge in [0.2, 0.25) is 0 Å². The molecule has 2 aromatic carbocycles. The van der Waals surface area contributed by atoms with Crippen molar-refractivity contribution < 1.29 is 37.0 Å². The van der Waals surface area contributed by atoms with Crippen LogP contribution in [-0.2, 0) is 4.74 Å².